The molecule has 5 rings (SSSR count). The largest absolute Gasteiger partial charge is 0.451 e. The Bertz CT molecular complexity index is 1130. The van der Waals surface area contributed by atoms with Crippen LogP contribution in [0.1, 0.15) is 10.6 Å². The van der Waals surface area contributed by atoms with Gasteiger partial charge in [0, 0.05) is 37.9 Å². The number of nitrogens with zero attached hydrogens (tertiary/aromatic N) is 4. The first-order valence-corrected chi connectivity index (χ1v) is 10.1. The molecule has 29 heavy (non-hydrogen) atoms. The lowest BCUT2D eigenvalue weighted by atomic mass is 10.2. The van der Waals surface area contributed by atoms with Crippen molar-refractivity contribution in [1.29, 1.82) is 0 Å². The Balaban J connectivity index is 1.26. The minimum absolute atomic E-state index is 0.135. The number of halogens is 1. The van der Waals surface area contributed by atoms with Gasteiger partial charge in [-0.25, -0.2) is 14.4 Å². The second-order valence-electron chi connectivity index (χ2n) is 6.77. The van der Waals surface area contributed by atoms with Gasteiger partial charge in [0.15, 0.2) is 10.9 Å². The van der Waals surface area contributed by atoms with Crippen molar-refractivity contribution in [2.75, 3.05) is 31.1 Å². The van der Waals surface area contributed by atoms with Crippen LogP contribution in [0, 0.1) is 5.82 Å². The molecule has 8 heteroatoms. The van der Waals surface area contributed by atoms with Gasteiger partial charge in [0.25, 0.3) is 5.91 Å². The molecule has 3 aromatic heterocycles. The summed E-state index contributed by atoms with van der Waals surface area (Å²) in [5.41, 5.74) is 1.63. The van der Waals surface area contributed by atoms with E-state index < -0.39 is 0 Å². The number of rotatable bonds is 3. The van der Waals surface area contributed by atoms with E-state index in [1.165, 1.54) is 12.1 Å². The molecule has 0 atom stereocenters. The van der Waals surface area contributed by atoms with Crippen LogP contribution in [0.2, 0.25) is 0 Å². The third-order valence-electron chi connectivity index (χ3n) is 4.94. The maximum absolute atomic E-state index is 13.1. The summed E-state index contributed by atoms with van der Waals surface area (Å²) in [6.07, 6.45) is 1.77. The number of carbonyl (C=O) groups excluding carboxylic acids is 1. The number of piperazine rings is 1. The van der Waals surface area contributed by atoms with Crippen LogP contribution in [-0.2, 0) is 0 Å². The Labute approximate surface area is 170 Å². The Morgan fingerprint density at radius 3 is 2.59 bits per heavy atom. The van der Waals surface area contributed by atoms with Gasteiger partial charge in [0.2, 0.25) is 0 Å². The Kier molecular flexibility index (Phi) is 4.48. The van der Waals surface area contributed by atoms with Gasteiger partial charge in [-0.05, 0) is 48.5 Å². The number of carbonyl (C=O) groups is 1. The van der Waals surface area contributed by atoms with Crippen molar-refractivity contribution in [3.05, 3.63) is 66.3 Å². The maximum Gasteiger partial charge on any atom is 0.289 e. The molecule has 1 saturated heterocycles. The van der Waals surface area contributed by atoms with Crippen LogP contribution in [0.3, 0.4) is 0 Å². The van der Waals surface area contributed by atoms with Crippen molar-refractivity contribution in [3.8, 4) is 11.3 Å². The normalized spacial score (nSPS) is 14.5. The van der Waals surface area contributed by atoms with Crippen LogP contribution in [0.25, 0.3) is 21.7 Å². The van der Waals surface area contributed by atoms with Gasteiger partial charge < -0.3 is 14.2 Å². The van der Waals surface area contributed by atoms with Gasteiger partial charge in [0.05, 0.1) is 0 Å². The zero-order valence-electron chi connectivity index (χ0n) is 15.4. The predicted molar refractivity (Wildman–Crippen MR) is 110 cm³/mol. The van der Waals surface area contributed by atoms with E-state index in [0.717, 1.165) is 21.0 Å². The lowest BCUT2D eigenvalue weighted by Crippen LogP contribution is -2.48. The first-order valence-electron chi connectivity index (χ1n) is 9.29. The number of hydrogen-bond donors (Lipinski definition) is 0. The molecule has 0 N–H and O–H groups in total. The third-order valence-corrected chi connectivity index (χ3v) is 5.98. The van der Waals surface area contributed by atoms with E-state index >= 15 is 0 Å². The summed E-state index contributed by atoms with van der Waals surface area (Å²) in [5, 5.41) is 0.933. The SMILES string of the molecule is O=C(c1ccc(-c2ccc(F)cc2)o1)N1CCN(c2nc3cccnc3s2)CC1. The predicted octanol–water partition coefficient (Wildman–Crippen LogP) is 4.05. The van der Waals surface area contributed by atoms with Crippen LogP contribution in [0.5, 0.6) is 0 Å². The molecule has 4 heterocycles. The minimum atomic E-state index is -0.307. The second-order valence-corrected chi connectivity index (χ2v) is 7.73. The lowest BCUT2D eigenvalue weighted by molar-refractivity contribution is 0.0715. The number of fused-ring (bicyclic) bond motifs is 1. The van der Waals surface area contributed by atoms with Crippen molar-refractivity contribution in [2.24, 2.45) is 0 Å². The molecular weight excluding hydrogens is 391 g/mol. The standard InChI is InChI=1S/C21H17FN4O2S/c22-15-5-3-14(4-6-15)17-7-8-18(28-17)20(27)25-10-12-26(13-11-25)21-24-16-2-1-9-23-19(16)29-21/h1-9H,10-13H2. The van der Waals surface area contributed by atoms with Crippen LogP contribution < -0.4 is 4.90 Å². The highest BCUT2D eigenvalue weighted by molar-refractivity contribution is 7.21. The fourth-order valence-electron chi connectivity index (χ4n) is 3.37. The number of anilines is 1. The molecule has 0 saturated carbocycles. The lowest BCUT2D eigenvalue weighted by Gasteiger charge is -2.34. The second kappa shape index (κ2) is 7.29. The molecule has 1 fully saturated rings. The Hall–Kier alpha value is -3.26. The molecule has 0 unspecified atom stereocenters. The Morgan fingerprint density at radius 2 is 1.83 bits per heavy atom. The van der Waals surface area contributed by atoms with Crippen LogP contribution in [0.15, 0.2) is 59.1 Å². The molecule has 1 aliphatic rings. The fourth-order valence-corrected chi connectivity index (χ4v) is 4.33. The number of benzene rings is 1. The van der Waals surface area contributed by atoms with E-state index in [4.69, 9.17) is 4.42 Å². The highest BCUT2D eigenvalue weighted by atomic mass is 32.1. The average Bonchev–Trinajstić information content (AvgIpc) is 3.41. The van der Waals surface area contributed by atoms with Crippen molar-refractivity contribution < 1.29 is 13.6 Å². The third kappa shape index (κ3) is 3.47. The van der Waals surface area contributed by atoms with Gasteiger partial charge in [0.1, 0.15) is 21.9 Å². The fraction of sp³-hybridized carbons (Fsp3) is 0.190. The van der Waals surface area contributed by atoms with Crippen molar-refractivity contribution >= 4 is 32.7 Å². The molecule has 1 amide bonds. The van der Waals surface area contributed by atoms with E-state index in [1.807, 2.05) is 12.1 Å². The van der Waals surface area contributed by atoms with Crippen LogP contribution >= 0.6 is 11.3 Å². The molecule has 0 bridgehead atoms. The molecule has 0 aliphatic carbocycles. The number of thiazole rings is 1. The molecule has 1 aromatic carbocycles. The zero-order chi connectivity index (χ0) is 19.8. The van der Waals surface area contributed by atoms with Gasteiger partial charge in [-0.3, -0.25) is 4.79 Å². The number of hydrogen-bond acceptors (Lipinski definition) is 6. The number of furan rings is 1. The highest BCUT2D eigenvalue weighted by Crippen LogP contribution is 2.28. The van der Waals surface area contributed by atoms with E-state index in [0.29, 0.717) is 37.7 Å². The first-order chi connectivity index (χ1) is 14.2. The molecule has 0 radical (unpaired) electrons. The number of amides is 1. The van der Waals surface area contributed by atoms with E-state index in [2.05, 4.69) is 14.9 Å². The van der Waals surface area contributed by atoms with Crippen molar-refractivity contribution in [1.82, 2.24) is 14.9 Å². The Morgan fingerprint density at radius 1 is 1.03 bits per heavy atom. The average molecular weight is 408 g/mol. The molecule has 0 spiro atoms. The molecule has 1 aliphatic heterocycles. The number of pyridine rings is 1. The summed E-state index contributed by atoms with van der Waals surface area (Å²) in [5.74, 6) is 0.401. The topological polar surface area (TPSA) is 62.5 Å². The minimum Gasteiger partial charge on any atom is -0.451 e. The van der Waals surface area contributed by atoms with E-state index in [1.54, 1.807) is 46.7 Å². The summed E-state index contributed by atoms with van der Waals surface area (Å²) in [7, 11) is 0. The van der Waals surface area contributed by atoms with Gasteiger partial charge in [-0.2, -0.15) is 0 Å². The summed E-state index contributed by atoms with van der Waals surface area (Å²) >= 11 is 1.57. The highest BCUT2D eigenvalue weighted by Gasteiger charge is 2.26. The first kappa shape index (κ1) is 17.8. The molecule has 6 nitrogen and oxygen atoms in total. The summed E-state index contributed by atoms with van der Waals surface area (Å²) in [6, 6.07) is 13.3. The smallest absolute Gasteiger partial charge is 0.289 e. The van der Waals surface area contributed by atoms with Crippen molar-refractivity contribution in [2.45, 2.75) is 0 Å². The van der Waals surface area contributed by atoms with Crippen LogP contribution in [-0.4, -0.2) is 47.0 Å². The molecular formula is C21H17FN4O2S. The van der Waals surface area contributed by atoms with Gasteiger partial charge in [-0.15, -0.1) is 0 Å². The summed E-state index contributed by atoms with van der Waals surface area (Å²) in [4.78, 5) is 26.7. The van der Waals surface area contributed by atoms with Crippen LogP contribution in [0.4, 0.5) is 9.52 Å². The number of aromatic nitrogens is 2. The maximum atomic E-state index is 13.1. The van der Waals surface area contributed by atoms with Gasteiger partial charge in [-0.1, -0.05) is 11.3 Å². The molecule has 4 aromatic rings. The zero-order valence-corrected chi connectivity index (χ0v) is 16.2. The monoisotopic (exact) mass is 408 g/mol. The van der Waals surface area contributed by atoms with E-state index in [-0.39, 0.29) is 11.7 Å². The van der Waals surface area contributed by atoms with Gasteiger partial charge >= 0.3 is 0 Å². The van der Waals surface area contributed by atoms with E-state index in [9.17, 15) is 9.18 Å². The molecule has 146 valence electrons. The summed E-state index contributed by atoms with van der Waals surface area (Å²) in [6.45, 7) is 2.59. The summed E-state index contributed by atoms with van der Waals surface area (Å²) < 4.78 is 18.8. The van der Waals surface area contributed by atoms with Crippen molar-refractivity contribution in [3.63, 3.8) is 0 Å². The quantitative estimate of drug-likeness (QED) is 0.512.